The quantitative estimate of drug-likeness (QED) is 0.584. The zero-order valence-corrected chi connectivity index (χ0v) is 13.3. The topological polar surface area (TPSA) is 55.8 Å². The van der Waals surface area contributed by atoms with Crippen LogP contribution in [0.3, 0.4) is 0 Å². The van der Waals surface area contributed by atoms with Gasteiger partial charge in [0.25, 0.3) is 5.91 Å². The van der Waals surface area contributed by atoms with E-state index in [1.165, 1.54) is 7.11 Å². The van der Waals surface area contributed by atoms with Crippen molar-refractivity contribution in [2.75, 3.05) is 26.8 Å². The summed E-state index contributed by atoms with van der Waals surface area (Å²) in [5.41, 5.74) is 0.657. The Kier molecular flexibility index (Phi) is 5.36. The third-order valence-electron chi connectivity index (χ3n) is 3.14. The Bertz CT molecular complexity index is 488. The predicted molar refractivity (Wildman–Crippen MR) is 81.4 cm³/mol. The van der Waals surface area contributed by atoms with Crippen molar-refractivity contribution in [2.24, 2.45) is 0 Å². The minimum absolute atomic E-state index is 0.0282. The second-order valence-electron chi connectivity index (χ2n) is 4.53. The molecule has 0 N–H and O–H groups in total. The molecule has 1 amide bonds. The molecule has 5 nitrogen and oxygen atoms in total. The van der Waals surface area contributed by atoms with Gasteiger partial charge in [-0.3, -0.25) is 9.59 Å². The Labute approximate surface area is 131 Å². The van der Waals surface area contributed by atoms with Crippen molar-refractivity contribution >= 4 is 34.5 Å². The number of carbonyl (C=O) groups is 2. The van der Waals surface area contributed by atoms with Gasteiger partial charge in [-0.15, -0.1) is 0 Å². The fourth-order valence-corrected chi connectivity index (χ4v) is 2.43. The predicted octanol–water partition coefficient (Wildman–Crippen LogP) is 1.70. The number of rotatable bonds is 3. The molecule has 1 unspecified atom stereocenters. The van der Waals surface area contributed by atoms with Crippen LogP contribution in [0.4, 0.5) is 0 Å². The third-order valence-corrected chi connectivity index (χ3v) is 3.86. The Morgan fingerprint density at radius 2 is 2.10 bits per heavy atom. The third kappa shape index (κ3) is 3.92. The number of carbonyl (C=O) groups excluding carboxylic acids is 2. The summed E-state index contributed by atoms with van der Waals surface area (Å²) in [6.07, 6.45) is -0.114. The average molecular weight is 389 g/mol. The van der Waals surface area contributed by atoms with E-state index in [1.54, 1.807) is 4.90 Å². The maximum Gasteiger partial charge on any atom is 0.308 e. The molecule has 1 atom stereocenters. The van der Waals surface area contributed by atoms with Crippen LogP contribution in [0.2, 0.25) is 0 Å². The number of esters is 1. The van der Waals surface area contributed by atoms with E-state index in [1.807, 2.05) is 24.3 Å². The molecule has 1 saturated heterocycles. The van der Waals surface area contributed by atoms with E-state index in [9.17, 15) is 9.59 Å². The first-order valence-electron chi connectivity index (χ1n) is 6.33. The highest BCUT2D eigenvalue weighted by atomic mass is 127. The minimum Gasteiger partial charge on any atom is -0.469 e. The van der Waals surface area contributed by atoms with Crippen LogP contribution in [0.15, 0.2) is 24.3 Å². The molecule has 6 heteroatoms. The maximum absolute atomic E-state index is 12.4. The highest BCUT2D eigenvalue weighted by molar-refractivity contribution is 14.1. The fraction of sp³-hybridized carbons (Fsp3) is 0.429. The number of hydrogen-bond acceptors (Lipinski definition) is 4. The largest absolute Gasteiger partial charge is 0.469 e. The lowest BCUT2D eigenvalue weighted by Gasteiger charge is -2.32. The monoisotopic (exact) mass is 389 g/mol. The molecule has 0 aromatic heterocycles. The summed E-state index contributed by atoms with van der Waals surface area (Å²) in [4.78, 5) is 25.3. The molecular weight excluding hydrogens is 373 g/mol. The van der Waals surface area contributed by atoms with Gasteiger partial charge in [-0.1, -0.05) is 0 Å². The average Bonchev–Trinajstić information content (AvgIpc) is 2.47. The second-order valence-corrected chi connectivity index (χ2v) is 5.78. The van der Waals surface area contributed by atoms with E-state index < -0.39 is 0 Å². The van der Waals surface area contributed by atoms with Crippen LogP contribution in [-0.4, -0.2) is 49.7 Å². The highest BCUT2D eigenvalue weighted by Crippen LogP contribution is 2.14. The second kappa shape index (κ2) is 7.03. The molecule has 1 aliphatic heterocycles. The number of morpholine rings is 1. The summed E-state index contributed by atoms with van der Waals surface area (Å²) in [7, 11) is 1.35. The van der Waals surface area contributed by atoms with Crippen molar-refractivity contribution < 1.29 is 19.1 Å². The summed E-state index contributed by atoms with van der Waals surface area (Å²) in [5, 5.41) is 0. The Hall–Kier alpha value is -1.15. The van der Waals surface area contributed by atoms with E-state index in [2.05, 4.69) is 27.3 Å². The van der Waals surface area contributed by atoms with E-state index in [-0.39, 0.29) is 24.4 Å². The van der Waals surface area contributed by atoms with Gasteiger partial charge < -0.3 is 14.4 Å². The molecule has 1 aliphatic rings. The van der Waals surface area contributed by atoms with Crippen LogP contribution in [0.25, 0.3) is 0 Å². The first-order valence-corrected chi connectivity index (χ1v) is 7.41. The van der Waals surface area contributed by atoms with Gasteiger partial charge >= 0.3 is 5.97 Å². The normalized spacial score (nSPS) is 18.7. The van der Waals surface area contributed by atoms with Crippen molar-refractivity contribution in [1.29, 1.82) is 0 Å². The fourth-order valence-electron chi connectivity index (χ4n) is 2.07. The van der Waals surface area contributed by atoms with Gasteiger partial charge in [0.15, 0.2) is 0 Å². The molecule has 0 radical (unpaired) electrons. The molecule has 1 fully saturated rings. The number of amides is 1. The van der Waals surface area contributed by atoms with Crippen molar-refractivity contribution in [2.45, 2.75) is 12.5 Å². The number of nitrogens with zero attached hydrogens (tertiary/aromatic N) is 1. The highest BCUT2D eigenvalue weighted by Gasteiger charge is 2.26. The molecule has 20 heavy (non-hydrogen) atoms. The first kappa shape index (κ1) is 15.2. The summed E-state index contributed by atoms with van der Waals surface area (Å²) in [5.74, 6) is -0.349. The molecule has 0 spiro atoms. The molecular formula is C14H16INO4. The molecule has 108 valence electrons. The van der Waals surface area contributed by atoms with Gasteiger partial charge in [-0.2, -0.15) is 0 Å². The number of ether oxygens (including phenoxy) is 2. The van der Waals surface area contributed by atoms with Gasteiger partial charge in [-0.25, -0.2) is 0 Å². The molecule has 1 aromatic carbocycles. The lowest BCUT2D eigenvalue weighted by molar-refractivity contribution is -0.145. The summed E-state index contributed by atoms with van der Waals surface area (Å²) in [6.45, 7) is 1.40. The number of hydrogen-bond donors (Lipinski definition) is 0. The summed E-state index contributed by atoms with van der Waals surface area (Å²) < 4.78 is 11.2. The minimum atomic E-state index is -0.321. The number of halogens is 1. The lowest BCUT2D eigenvalue weighted by Crippen LogP contribution is -2.46. The molecule has 0 saturated carbocycles. The zero-order valence-electron chi connectivity index (χ0n) is 11.2. The van der Waals surface area contributed by atoms with Crippen LogP contribution >= 0.6 is 22.6 Å². The van der Waals surface area contributed by atoms with E-state index in [4.69, 9.17) is 4.74 Å². The zero-order chi connectivity index (χ0) is 14.5. The van der Waals surface area contributed by atoms with Gasteiger partial charge in [0.2, 0.25) is 0 Å². The molecule has 0 aliphatic carbocycles. The van der Waals surface area contributed by atoms with E-state index >= 15 is 0 Å². The Balaban J connectivity index is 1.99. The lowest BCUT2D eigenvalue weighted by atomic mass is 10.1. The molecule has 1 aromatic rings. The van der Waals surface area contributed by atoms with Crippen LogP contribution in [0, 0.1) is 3.57 Å². The van der Waals surface area contributed by atoms with Gasteiger partial charge in [0.05, 0.1) is 26.2 Å². The van der Waals surface area contributed by atoms with Crippen LogP contribution in [-0.2, 0) is 14.3 Å². The number of benzene rings is 1. The maximum atomic E-state index is 12.4. The molecule has 0 bridgehead atoms. The van der Waals surface area contributed by atoms with Gasteiger partial charge in [-0.05, 0) is 46.9 Å². The van der Waals surface area contributed by atoms with Crippen LogP contribution < -0.4 is 0 Å². The van der Waals surface area contributed by atoms with Gasteiger partial charge in [0, 0.05) is 22.2 Å². The Morgan fingerprint density at radius 3 is 2.75 bits per heavy atom. The van der Waals surface area contributed by atoms with Crippen LogP contribution in [0.1, 0.15) is 16.8 Å². The van der Waals surface area contributed by atoms with E-state index in [0.29, 0.717) is 25.3 Å². The smallest absolute Gasteiger partial charge is 0.308 e. The SMILES string of the molecule is COC(=O)CC1CN(C(=O)c2ccc(I)cc2)CCO1. The first-order chi connectivity index (χ1) is 9.60. The standard InChI is InChI=1S/C14H16INO4/c1-19-13(17)8-12-9-16(6-7-20-12)14(18)10-2-4-11(15)5-3-10/h2-5,12H,6-9H2,1H3. The van der Waals surface area contributed by atoms with Crippen molar-refractivity contribution in [3.05, 3.63) is 33.4 Å². The van der Waals surface area contributed by atoms with E-state index in [0.717, 1.165) is 3.57 Å². The van der Waals surface area contributed by atoms with Crippen molar-refractivity contribution in [1.82, 2.24) is 4.90 Å². The number of methoxy groups -OCH3 is 1. The summed E-state index contributed by atoms with van der Waals surface area (Å²) >= 11 is 2.20. The van der Waals surface area contributed by atoms with Crippen molar-refractivity contribution in [3.8, 4) is 0 Å². The van der Waals surface area contributed by atoms with Gasteiger partial charge in [0.1, 0.15) is 0 Å². The van der Waals surface area contributed by atoms with Crippen molar-refractivity contribution in [3.63, 3.8) is 0 Å². The Morgan fingerprint density at radius 1 is 1.40 bits per heavy atom. The summed E-state index contributed by atoms with van der Waals surface area (Å²) in [6, 6.07) is 7.43. The molecule has 1 heterocycles. The van der Waals surface area contributed by atoms with Crippen LogP contribution in [0.5, 0.6) is 0 Å². The molecule has 2 rings (SSSR count).